The highest BCUT2D eigenvalue weighted by Gasteiger charge is 2.18. The van der Waals surface area contributed by atoms with Gasteiger partial charge in [0.2, 0.25) is 5.95 Å². The van der Waals surface area contributed by atoms with Gasteiger partial charge in [-0.3, -0.25) is 4.79 Å². The largest absolute Gasteiger partial charge is 0.349 e. The van der Waals surface area contributed by atoms with E-state index in [-0.39, 0.29) is 11.9 Å². The van der Waals surface area contributed by atoms with Crippen molar-refractivity contribution in [1.29, 1.82) is 0 Å². The van der Waals surface area contributed by atoms with Crippen molar-refractivity contribution in [3.8, 4) is 0 Å². The van der Waals surface area contributed by atoms with E-state index in [4.69, 9.17) is 11.6 Å². The predicted molar refractivity (Wildman–Crippen MR) is 86.5 cm³/mol. The van der Waals surface area contributed by atoms with Crippen LogP contribution in [-0.2, 0) is 0 Å². The molecule has 1 aromatic carbocycles. The number of halogens is 1. The third kappa shape index (κ3) is 3.54. The molecule has 114 valence electrons. The van der Waals surface area contributed by atoms with Gasteiger partial charge in [-0.25, -0.2) is 9.97 Å². The molecule has 1 heterocycles. The highest BCUT2D eigenvalue weighted by Crippen LogP contribution is 2.23. The van der Waals surface area contributed by atoms with Gasteiger partial charge in [0.1, 0.15) is 0 Å². The zero-order valence-corrected chi connectivity index (χ0v) is 12.8. The summed E-state index contributed by atoms with van der Waals surface area (Å²) in [4.78, 5) is 20.4. The molecule has 6 heteroatoms. The van der Waals surface area contributed by atoms with E-state index in [1.165, 1.54) is 25.2 Å². The van der Waals surface area contributed by atoms with Crippen molar-refractivity contribution in [3.63, 3.8) is 0 Å². The molecule has 0 aliphatic heterocycles. The van der Waals surface area contributed by atoms with E-state index in [0.717, 1.165) is 18.5 Å². The minimum absolute atomic E-state index is 0.115. The second-order valence-electron chi connectivity index (χ2n) is 5.36. The van der Waals surface area contributed by atoms with Crippen LogP contribution in [0.3, 0.4) is 0 Å². The van der Waals surface area contributed by atoms with Gasteiger partial charge < -0.3 is 10.6 Å². The van der Waals surface area contributed by atoms with Crippen molar-refractivity contribution in [1.82, 2.24) is 15.3 Å². The monoisotopic (exact) mass is 316 g/mol. The summed E-state index contributed by atoms with van der Waals surface area (Å²) < 4.78 is 0. The van der Waals surface area contributed by atoms with E-state index in [0.29, 0.717) is 16.5 Å². The third-order valence-corrected chi connectivity index (χ3v) is 4.05. The van der Waals surface area contributed by atoms with Crippen molar-refractivity contribution in [2.24, 2.45) is 0 Å². The van der Waals surface area contributed by atoms with Crippen LogP contribution in [-0.4, -0.2) is 21.9 Å². The van der Waals surface area contributed by atoms with Crippen LogP contribution in [0.25, 0.3) is 0 Å². The number of para-hydroxylation sites is 1. The minimum atomic E-state index is -0.115. The maximum absolute atomic E-state index is 12.1. The van der Waals surface area contributed by atoms with E-state index in [2.05, 4.69) is 20.6 Å². The lowest BCUT2D eigenvalue weighted by Gasteiger charge is -2.11. The number of anilines is 2. The summed E-state index contributed by atoms with van der Waals surface area (Å²) in [5.41, 5.74) is 1.20. The van der Waals surface area contributed by atoms with Gasteiger partial charge in [-0.1, -0.05) is 36.6 Å². The van der Waals surface area contributed by atoms with Crippen LogP contribution in [0, 0.1) is 0 Å². The minimum Gasteiger partial charge on any atom is -0.349 e. The number of benzene rings is 1. The van der Waals surface area contributed by atoms with E-state index >= 15 is 0 Å². The number of hydrogen-bond donors (Lipinski definition) is 2. The Kier molecular flexibility index (Phi) is 4.53. The molecule has 2 aromatic rings. The maximum atomic E-state index is 12.1. The van der Waals surface area contributed by atoms with Crippen molar-refractivity contribution < 1.29 is 4.79 Å². The molecule has 1 aliphatic carbocycles. The second kappa shape index (κ2) is 6.75. The number of carbonyl (C=O) groups is 1. The highest BCUT2D eigenvalue weighted by atomic mass is 35.5. The van der Waals surface area contributed by atoms with Gasteiger partial charge in [-0.05, 0) is 25.0 Å². The number of rotatable bonds is 4. The van der Waals surface area contributed by atoms with Crippen molar-refractivity contribution in [2.75, 3.05) is 5.32 Å². The molecule has 1 aliphatic rings. The first-order valence-electron chi connectivity index (χ1n) is 7.37. The summed E-state index contributed by atoms with van der Waals surface area (Å²) in [6, 6.07) is 7.63. The van der Waals surface area contributed by atoms with Gasteiger partial charge in [0, 0.05) is 18.4 Å². The fraction of sp³-hybridized carbons (Fsp3) is 0.312. The van der Waals surface area contributed by atoms with Crippen LogP contribution >= 0.6 is 11.6 Å². The van der Waals surface area contributed by atoms with E-state index in [9.17, 15) is 4.79 Å². The van der Waals surface area contributed by atoms with Gasteiger partial charge in [0.15, 0.2) is 0 Å². The first-order chi connectivity index (χ1) is 10.7. The summed E-state index contributed by atoms with van der Waals surface area (Å²) in [6.45, 7) is 0. The van der Waals surface area contributed by atoms with Crippen LogP contribution < -0.4 is 10.6 Å². The molecule has 0 bridgehead atoms. The molecule has 0 saturated heterocycles. The lowest BCUT2D eigenvalue weighted by molar-refractivity contribution is 0.0937. The average Bonchev–Trinajstić information content (AvgIpc) is 3.03. The Balaban J connectivity index is 1.64. The Morgan fingerprint density at radius 1 is 1.14 bits per heavy atom. The first-order valence-corrected chi connectivity index (χ1v) is 7.74. The van der Waals surface area contributed by atoms with Crippen LogP contribution in [0.15, 0.2) is 36.7 Å². The van der Waals surface area contributed by atoms with Gasteiger partial charge in [0.05, 0.1) is 16.3 Å². The molecular formula is C16H17ClN4O. The fourth-order valence-corrected chi connectivity index (χ4v) is 2.71. The standard InChI is InChI=1S/C16H17ClN4O/c17-13-7-3-4-8-14(13)21-16-18-9-11(10-19-16)15(22)20-12-5-1-2-6-12/h3-4,7-10,12H,1-2,5-6H2,(H,20,22)(H,18,19,21). The Labute approximate surface area is 134 Å². The number of hydrogen-bond acceptors (Lipinski definition) is 4. The van der Waals surface area contributed by atoms with Gasteiger partial charge in [-0.2, -0.15) is 0 Å². The molecule has 0 atom stereocenters. The molecule has 1 aromatic heterocycles. The van der Waals surface area contributed by atoms with E-state index < -0.39 is 0 Å². The molecule has 2 N–H and O–H groups in total. The average molecular weight is 317 g/mol. The predicted octanol–water partition coefficient (Wildman–Crippen LogP) is 3.55. The van der Waals surface area contributed by atoms with Gasteiger partial charge >= 0.3 is 0 Å². The molecule has 0 unspecified atom stereocenters. The normalized spacial score (nSPS) is 14.8. The van der Waals surface area contributed by atoms with Crippen LogP contribution in [0.1, 0.15) is 36.0 Å². The smallest absolute Gasteiger partial charge is 0.254 e. The van der Waals surface area contributed by atoms with Crippen molar-refractivity contribution in [2.45, 2.75) is 31.7 Å². The van der Waals surface area contributed by atoms with Crippen molar-refractivity contribution in [3.05, 3.63) is 47.2 Å². The molecule has 1 amide bonds. The van der Waals surface area contributed by atoms with Crippen molar-refractivity contribution >= 4 is 29.1 Å². The van der Waals surface area contributed by atoms with Gasteiger partial charge in [-0.15, -0.1) is 0 Å². The zero-order valence-electron chi connectivity index (χ0n) is 12.1. The summed E-state index contributed by atoms with van der Waals surface area (Å²) in [5.74, 6) is 0.293. The maximum Gasteiger partial charge on any atom is 0.254 e. The molecule has 0 spiro atoms. The molecule has 0 radical (unpaired) electrons. The Morgan fingerprint density at radius 2 is 1.82 bits per heavy atom. The summed E-state index contributed by atoms with van der Waals surface area (Å²) in [7, 11) is 0. The number of nitrogens with one attached hydrogen (secondary N) is 2. The Hall–Kier alpha value is -2.14. The zero-order chi connectivity index (χ0) is 15.4. The lowest BCUT2D eigenvalue weighted by Crippen LogP contribution is -2.32. The number of aromatic nitrogens is 2. The molecule has 1 fully saturated rings. The lowest BCUT2D eigenvalue weighted by atomic mass is 10.2. The van der Waals surface area contributed by atoms with Crippen LogP contribution in [0.2, 0.25) is 5.02 Å². The number of amides is 1. The fourth-order valence-electron chi connectivity index (χ4n) is 2.53. The summed E-state index contributed by atoms with van der Waals surface area (Å²) >= 11 is 6.07. The molecule has 5 nitrogen and oxygen atoms in total. The van der Waals surface area contributed by atoms with Crippen LogP contribution in [0.4, 0.5) is 11.6 Å². The number of carbonyl (C=O) groups excluding carboxylic acids is 1. The molecular weight excluding hydrogens is 300 g/mol. The highest BCUT2D eigenvalue weighted by molar-refractivity contribution is 6.33. The van der Waals surface area contributed by atoms with E-state index in [1.807, 2.05) is 18.2 Å². The molecule has 22 heavy (non-hydrogen) atoms. The molecule has 1 saturated carbocycles. The third-order valence-electron chi connectivity index (χ3n) is 3.72. The second-order valence-corrected chi connectivity index (χ2v) is 5.76. The van der Waals surface area contributed by atoms with Gasteiger partial charge in [0.25, 0.3) is 5.91 Å². The number of nitrogens with zero attached hydrogens (tertiary/aromatic N) is 2. The van der Waals surface area contributed by atoms with E-state index in [1.54, 1.807) is 6.07 Å². The van der Waals surface area contributed by atoms with Crippen LogP contribution in [0.5, 0.6) is 0 Å². The Bertz CT molecular complexity index is 653. The topological polar surface area (TPSA) is 66.9 Å². The first kappa shape index (κ1) is 14.8. The summed E-state index contributed by atoms with van der Waals surface area (Å²) in [6.07, 6.45) is 7.52. The quantitative estimate of drug-likeness (QED) is 0.905. The SMILES string of the molecule is O=C(NC1CCCC1)c1cnc(Nc2ccccc2Cl)nc1. The molecule has 3 rings (SSSR count). The summed E-state index contributed by atoms with van der Waals surface area (Å²) in [5, 5.41) is 6.63. The Morgan fingerprint density at radius 3 is 2.50 bits per heavy atom.